The van der Waals surface area contributed by atoms with E-state index in [4.69, 9.17) is 23.2 Å². The Kier molecular flexibility index (Phi) is 9.73. The van der Waals surface area contributed by atoms with E-state index in [0.717, 1.165) is 5.75 Å². The summed E-state index contributed by atoms with van der Waals surface area (Å²) in [5.74, 6) is 1.19. The molecule has 2 aromatic carbocycles. The smallest absolute Gasteiger partial charge is 0.242 e. The predicted octanol–water partition coefficient (Wildman–Crippen LogP) is 5.95. The maximum Gasteiger partial charge on any atom is 0.242 e. The molecule has 0 fully saturated rings. The highest BCUT2D eigenvalue weighted by molar-refractivity contribution is 7.98. The van der Waals surface area contributed by atoms with E-state index >= 15 is 0 Å². The summed E-state index contributed by atoms with van der Waals surface area (Å²) in [4.78, 5) is 27.5. The monoisotopic (exact) mass is 480 g/mol. The molecule has 1 atom stereocenters. The number of nitrogens with zero attached hydrogens (tertiary/aromatic N) is 1. The van der Waals surface area contributed by atoms with Gasteiger partial charge in [-0.2, -0.15) is 11.8 Å². The number of rotatable bonds is 9. The Bertz CT molecular complexity index is 865. The summed E-state index contributed by atoms with van der Waals surface area (Å²) in [5.41, 5.74) is 1.47. The summed E-state index contributed by atoms with van der Waals surface area (Å²) in [6, 6.07) is 14.7. The molecule has 0 aliphatic rings. The van der Waals surface area contributed by atoms with Gasteiger partial charge < -0.3 is 10.2 Å². The molecule has 31 heavy (non-hydrogen) atoms. The number of hydrogen-bond donors (Lipinski definition) is 1. The molecule has 0 aliphatic carbocycles. The number of hydrogen-bond acceptors (Lipinski definition) is 3. The quantitative estimate of drug-likeness (QED) is 0.451. The third-order valence-electron chi connectivity index (χ3n) is 4.63. The zero-order chi connectivity index (χ0) is 23.0. The van der Waals surface area contributed by atoms with Crippen LogP contribution >= 0.6 is 35.0 Å². The van der Waals surface area contributed by atoms with Crippen LogP contribution in [0.4, 0.5) is 0 Å². The molecule has 4 nitrogen and oxygen atoms in total. The number of thioether (sulfide) groups is 1. The minimum atomic E-state index is -0.654. The van der Waals surface area contributed by atoms with Crippen LogP contribution in [0.1, 0.15) is 45.2 Å². The average molecular weight is 481 g/mol. The van der Waals surface area contributed by atoms with Gasteiger partial charge in [-0.25, -0.2) is 0 Å². The van der Waals surface area contributed by atoms with Crippen LogP contribution in [-0.4, -0.2) is 34.0 Å². The molecule has 7 heteroatoms. The van der Waals surface area contributed by atoms with Gasteiger partial charge in [0.05, 0.1) is 0 Å². The Labute approximate surface area is 199 Å². The van der Waals surface area contributed by atoms with Gasteiger partial charge >= 0.3 is 0 Å². The van der Waals surface area contributed by atoms with E-state index in [1.807, 2.05) is 39.0 Å². The SMILES string of the molecule is CC(C(=O)NC(C)(C)C)N(Cc1c(Cl)cccc1Cl)C(=O)CCSCc1ccccc1. The summed E-state index contributed by atoms with van der Waals surface area (Å²) in [6.07, 6.45) is 0.326. The van der Waals surface area contributed by atoms with Gasteiger partial charge in [0.25, 0.3) is 0 Å². The van der Waals surface area contributed by atoms with Gasteiger partial charge in [0.1, 0.15) is 6.04 Å². The summed E-state index contributed by atoms with van der Waals surface area (Å²) < 4.78 is 0. The Morgan fingerprint density at radius 2 is 1.65 bits per heavy atom. The van der Waals surface area contributed by atoms with Crippen molar-refractivity contribution in [1.82, 2.24) is 10.2 Å². The fourth-order valence-corrected chi connectivity index (χ4v) is 4.39. The highest BCUT2D eigenvalue weighted by atomic mass is 35.5. The van der Waals surface area contributed by atoms with Crippen LogP contribution in [0, 0.1) is 0 Å². The van der Waals surface area contributed by atoms with Crippen LogP contribution in [0.25, 0.3) is 0 Å². The molecule has 0 saturated carbocycles. The number of halogens is 2. The van der Waals surface area contributed by atoms with E-state index in [-0.39, 0.29) is 18.4 Å². The topological polar surface area (TPSA) is 49.4 Å². The van der Waals surface area contributed by atoms with Crippen molar-refractivity contribution in [2.24, 2.45) is 0 Å². The Morgan fingerprint density at radius 3 is 2.23 bits per heavy atom. The lowest BCUT2D eigenvalue weighted by Crippen LogP contribution is -2.52. The molecule has 2 rings (SSSR count). The first-order chi connectivity index (χ1) is 14.6. The number of amides is 2. The summed E-state index contributed by atoms with van der Waals surface area (Å²) >= 11 is 14.4. The molecule has 0 aromatic heterocycles. The van der Waals surface area contributed by atoms with Crippen molar-refractivity contribution in [3.05, 3.63) is 69.7 Å². The predicted molar refractivity (Wildman–Crippen MR) is 132 cm³/mol. The Morgan fingerprint density at radius 1 is 1.03 bits per heavy atom. The number of benzene rings is 2. The minimum absolute atomic E-state index is 0.104. The zero-order valence-electron chi connectivity index (χ0n) is 18.5. The van der Waals surface area contributed by atoms with E-state index in [1.165, 1.54) is 5.56 Å². The van der Waals surface area contributed by atoms with E-state index in [1.54, 1.807) is 41.8 Å². The van der Waals surface area contributed by atoms with Crippen molar-refractivity contribution < 1.29 is 9.59 Å². The molecule has 0 heterocycles. The van der Waals surface area contributed by atoms with Gasteiger partial charge in [0.15, 0.2) is 0 Å². The van der Waals surface area contributed by atoms with Crippen molar-refractivity contribution in [2.75, 3.05) is 5.75 Å². The Hall–Kier alpha value is -1.69. The minimum Gasteiger partial charge on any atom is -0.350 e. The second kappa shape index (κ2) is 11.8. The van der Waals surface area contributed by atoms with Crippen LogP contribution in [0.15, 0.2) is 48.5 Å². The molecular weight excluding hydrogens is 451 g/mol. The van der Waals surface area contributed by atoms with Crippen LogP contribution in [0.3, 0.4) is 0 Å². The van der Waals surface area contributed by atoms with Crippen molar-refractivity contribution in [3.63, 3.8) is 0 Å². The van der Waals surface area contributed by atoms with Gasteiger partial charge in [0, 0.05) is 45.6 Å². The third kappa shape index (κ3) is 8.40. The first kappa shape index (κ1) is 25.6. The fraction of sp³-hybridized carbons (Fsp3) is 0.417. The van der Waals surface area contributed by atoms with E-state index < -0.39 is 11.6 Å². The van der Waals surface area contributed by atoms with E-state index in [2.05, 4.69) is 17.4 Å². The van der Waals surface area contributed by atoms with Gasteiger partial charge in [0.2, 0.25) is 11.8 Å². The molecular formula is C24H30Cl2N2O2S. The highest BCUT2D eigenvalue weighted by Gasteiger charge is 2.29. The fourth-order valence-electron chi connectivity index (χ4n) is 2.98. The molecule has 0 spiro atoms. The number of carbonyl (C=O) groups is 2. The molecule has 168 valence electrons. The lowest BCUT2D eigenvalue weighted by molar-refractivity contribution is -0.140. The molecule has 0 bridgehead atoms. The second-order valence-electron chi connectivity index (χ2n) is 8.43. The van der Waals surface area contributed by atoms with Gasteiger partial charge in [-0.1, -0.05) is 59.6 Å². The first-order valence-electron chi connectivity index (χ1n) is 10.2. The van der Waals surface area contributed by atoms with E-state index in [0.29, 0.717) is 27.8 Å². The van der Waals surface area contributed by atoms with Crippen LogP contribution in [0.5, 0.6) is 0 Å². The first-order valence-corrected chi connectivity index (χ1v) is 12.2. The largest absolute Gasteiger partial charge is 0.350 e. The molecule has 0 radical (unpaired) electrons. The maximum absolute atomic E-state index is 13.1. The lowest BCUT2D eigenvalue weighted by Gasteiger charge is -2.32. The van der Waals surface area contributed by atoms with Crippen LogP contribution in [-0.2, 0) is 21.9 Å². The maximum atomic E-state index is 13.1. The molecule has 1 unspecified atom stereocenters. The number of nitrogens with one attached hydrogen (secondary N) is 1. The van der Waals surface area contributed by atoms with Crippen molar-refractivity contribution in [1.29, 1.82) is 0 Å². The number of carbonyl (C=O) groups excluding carboxylic acids is 2. The molecule has 0 aliphatic heterocycles. The lowest BCUT2D eigenvalue weighted by atomic mass is 10.1. The standard InChI is InChI=1S/C24H30Cl2N2O2S/c1-17(23(30)27-24(2,3)4)28(15-19-20(25)11-8-12-21(19)26)22(29)13-14-31-16-18-9-6-5-7-10-18/h5-12,17H,13-16H2,1-4H3,(H,27,30). The molecule has 2 amide bonds. The summed E-state index contributed by atoms with van der Waals surface area (Å²) in [6.45, 7) is 7.65. The molecule has 0 saturated heterocycles. The van der Waals surface area contributed by atoms with Crippen LogP contribution in [0.2, 0.25) is 10.0 Å². The third-order valence-corrected chi connectivity index (χ3v) is 6.37. The molecule has 2 aromatic rings. The van der Waals surface area contributed by atoms with Gasteiger partial charge in [-0.3, -0.25) is 9.59 Å². The van der Waals surface area contributed by atoms with Gasteiger partial charge in [-0.05, 0) is 45.4 Å². The van der Waals surface area contributed by atoms with Crippen molar-refractivity contribution >= 4 is 46.8 Å². The second-order valence-corrected chi connectivity index (χ2v) is 10.3. The summed E-state index contributed by atoms with van der Waals surface area (Å²) in [5, 5.41) is 3.91. The van der Waals surface area contributed by atoms with Crippen molar-refractivity contribution in [3.8, 4) is 0 Å². The van der Waals surface area contributed by atoms with E-state index in [9.17, 15) is 9.59 Å². The summed E-state index contributed by atoms with van der Waals surface area (Å²) in [7, 11) is 0. The van der Waals surface area contributed by atoms with Gasteiger partial charge in [-0.15, -0.1) is 0 Å². The average Bonchev–Trinajstić information content (AvgIpc) is 2.70. The molecule has 1 N–H and O–H groups in total. The Balaban J connectivity index is 2.10. The van der Waals surface area contributed by atoms with Crippen LogP contribution < -0.4 is 5.32 Å². The van der Waals surface area contributed by atoms with Crippen molar-refractivity contribution in [2.45, 2.75) is 58.0 Å². The highest BCUT2D eigenvalue weighted by Crippen LogP contribution is 2.27. The zero-order valence-corrected chi connectivity index (χ0v) is 20.8. The normalized spacial score (nSPS) is 12.3.